The zero-order valence-corrected chi connectivity index (χ0v) is 9.12. The van der Waals surface area contributed by atoms with E-state index in [9.17, 15) is 4.79 Å². The zero-order valence-electron chi connectivity index (χ0n) is 9.12. The Labute approximate surface area is 85.8 Å². The first kappa shape index (κ1) is 11.5. The summed E-state index contributed by atoms with van der Waals surface area (Å²) >= 11 is 0. The molecule has 0 aliphatic heterocycles. The van der Waals surface area contributed by atoms with E-state index in [-0.39, 0.29) is 11.9 Å². The van der Waals surface area contributed by atoms with Gasteiger partial charge in [0, 0.05) is 13.7 Å². The summed E-state index contributed by atoms with van der Waals surface area (Å²) in [6, 6.07) is 0. The van der Waals surface area contributed by atoms with Gasteiger partial charge < -0.3 is 9.47 Å². The first-order chi connectivity index (χ1) is 6.77. The summed E-state index contributed by atoms with van der Waals surface area (Å²) in [6.45, 7) is 3.18. The summed E-state index contributed by atoms with van der Waals surface area (Å²) < 4.78 is 10.1. The molecule has 0 bridgehead atoms. The maximum atomic E-state index is 11.4. The molecule has 14 heavy (non-hydrogen) atoms. The molecule has 3 heteroatoms. The minimum Gasteiger partial charge on any atom is -0.466 e. The number of hydrogen-bond acceptors (Lipinski definition) is 3. The normalized spacial score (nSPS) is 27.3. The fraction of sp³-hybridized carbons (Fsp3) is 0.909. The van der Waals surface area contributed by atoms with Crippen molar-refractivity contribution in [1.29, 1.82) is 0 Å². The Balaban J connectivity index is 2.24. The monoisotopic (exact) mass is 200 g/mol. The maximum Gasteiger partial charge on any atom is 0.308 e. The first-order valence-corrected chi connectivity index (χ1v) is 5.43. The van der Waals surface area contributed by atoms with Crippen LogP contribution in [-0.4, -0.2) is 26.3 Å². The van der Waals surface area contributed by atoms with Crippen LogP contribution in [0.2, 0.25) is 0 Å². The predicted molar refractivity (Wildman–Crippen MR) is 54.0 cm³/mol. The Hall–Kier alpha value is -0.570. The average molecular weight is 200 g/mol. The summed E-state index contributed by atoms with van der Waals surface area (Å²) in [4.78, 5) is 11.4. The van der Waals surface area contributed by atoms with Crippen LogP contribution < -0.4 is 0 Å². The molecule has 0 aromatic rings. The van der Waals surface area contributed by atoms with Crippen molar-refractivity contribution in [3.05, 3.63) is 0 Å². The Kier molecular flexibility index (Phi) is 4.94. The lowest BCUT2D eigenvalue weighted by Gasteiger charge is -2.26. The van der Waals surface area contributed by atoms with Crippen LogP contribution in [-0.2, 0) is 14.3 Å². The van der Waals surface area contributed by atoms with Crippen molar-refractivity contribution in [3.63, 3.8) is 0 Å². The summed E-state index contributed by atoms with van der Waals surface area (Å²) in [7, 11) is 1.73. The Morgan fingerprint density at radius 1 is 1.29 bits per heavy atom. The van der Waals surface area contributed by atoms with Gasteiger partial charge in [-0.25, -0.2) is 0 Å². The maximum absolute atomic E-state index is 11.4. The highest BCUT2D eigenvalue weighted by molar-refractivity contribution is 5.72. The summed E-state index contributed by atoms with van der Waals surface area (Å²) in [5.41, 5.74) is 0. The van der Waals surface area contributed by atoms with Gasteiger partial charge in [-0.05, 0) is 38.5 Å². The van der Waals surface area contributed by atoms with E-state index in [0.29, 0.717) is 12.5 Å². The number of hydrogen-bond donors (Lipinski definition) is 0. The second kappa shape index (κ2) is 6.02. The van der Waals surface area contributed by atoms with Gasteiger partial charge in [0.05, 0.1) is 12.5 Å². The van der Waals surface area contributed by atoms with Crippen molar-refractivity contribution in [2.75, 3.05) is 20.3 Å². The van der Waals surface area contributed by atoms with Crippen LogP contribution in [0, 0.1) is 11.8 Å². The molecule has 0 aromatic carbocycles. The van der Waals surface area contributed by atoms with E-state index in [2.05, 4.69) is 0 Å². The van der Waals surface area contributed by atoms with Crippen molar-refractivity contribution in [3.8, 4) is 0 Å². The molecular weight excluding hydrogens is 180 g/mol. The van der Waals surface area contributed by atoms with Crippen LogP contribution >= 0.6 is 0 Å². The molecule has 1 rings (SSSR count). The molecule has 0 heterocycles. The van der Waals surface area contributed by atoms with E-state index in [1.165, 1.54) is 0 Å². The highest BCUT2D eigenvalue weighted by Crippen LogP contribution is 2.29. The molecule has 1 aliphatic rings. The fourth-order valence-electron chi connectivity index (χ4n) is 2.06. The molecule has 0 unspecified atom stereocenters. The molecule has 0 spiro atoms. The molecule has 0 aromatic heterocycles. The van der Waals surface area contributed by atoms with Gasteiger partial charge in [-0.15, -0.1) is 0 Å². The summed E-state index contributed by atoms with van der Waals surface area (Å²) in [5, 5.41) is 0. The lowest BCUT2D eigenvalue weighted by atomic mass is 9.82. The van der Waals surface area contributed by atoms with Crippen molar-refractivity contribution in [1.82, 2.24) is 0 Å². The van der Waals surface area contributed by atoms with Gasteiger partial charge >= 0.3 is 5.97 Å². The number of esters is 1. The van der Waals surface area contributed by atoms with Crippen molar-refractivity contribution >= 4 is 5.97 Å². The van der Waals surface area contributed by atoms with Gasteiger partial charge in [-0.1, -0.05) is 0 Å². The van der Waals surface area contributed by atoms with Gasteiger partial charge in [0.15, 0.2) is 0 Å². The standard InChI is InChI=1S/C11H20O3/c1-3-14-11(12)10-6-4-9(5-7-10)8-13-2/h9-10H,3-8H2,1-2H3. The van der Waals surface area contributed by atoms with Crippen LogP contribution in [0.4, 0.5) is 0 Å². The number of methoxy groups -OCH3 is 1. The number of ether oxygens (including phenoxy) is 2. The molecule has 3 nitrogen and oxygen atoms in total. The van der Waals surface area contributed by atoms with E-state index >= 15 is 0 Å². The summed E-state index contributed by atoms with van der Waals surface area (Å²) in [5.74, 6) is 0.775. The number of rotatable bonds is 4. The molecule has 0 radical (unpaired) electrons. The lowest BCUT2D eigenvalue weighted by molar-refractivity contribution is -0.149. The van der Waals surface area contributed by atoms with Gasteiger partial charge in [-0.2, -0.15) is 0 Å². The molecule has 0 amide bonds. The first-order valence-electron chi connectivity index (χ1n) is 5.43. The highest BCUT2D eigenvalue weighted by atomic mass is 16.5. The molecule has 1 fully saturated rings. The molecule has 1 aliphatic carbocycles. The van der Waals surface area contributed by atoms with Gasteiger partial charge in [0.2, 0.25) is 0 Å². The van der Waals surface area contributed by atoms with Gasteiger partial charge in [0.25, 0.3) is 0 Å². The molecule has 0 N–H and O–H groups in total. The summed E-state index contributed by atoms with van der Waals surface area (Å²) in [6.07, 6.45) is 4.12. The van der Waals surface area contributed by atoms with E-state index in [4.69, 9.17) is 9.47 Å². The predicted octanol–water partition coefficient (Wildman–Crippen LogP) is 2.00. The van der Waals surface area contributed by atoms with Crippen molar-refractivity contribution in [2.24, 2.45) is 11.8 Å². The SMILES string of the molecule is CCOC(=O)C1CCC(COC)CC1. The molecular formula is C11H20O3. The zero-order chi connectivity index (χ0) is 10.4. The van der Waals surface area contributed by atoms with Crippen LogP contribution in [0.25, 0.3) is 0 Å². The van der Waals surface area contributed by atoms with E-state index in [1.807, 2.05) is 6.92 Å². The van der Waals surface area contributed by atoms with Crippen molar-refractivity contribution < 1.29 is 14.3 Å². The lowest BCUT2D eigenvalue weighted by Crippen LogP contribution is -2.25. The number of carbonyl (C=O) groups is 1. The Morgan fingerprint density at radius 3 is 2.43 bits per heavy atom. The van der Waals surface area contributed by atoms with E-state index in [0.717, 1.165) is 32.3 Å². The van der Waals surface area contributed by atoms with Crippen LogP contribution in [0.3, 0.4) is 0 Å². The van der Waals surface area contributed by atoms with Gasteiger partial charge in [-0.3, -0.25) is 4.79 Å². The second-order valence-electron chi connectivity index (χ2n) is 3.93. The van der Waals surface area contributed by atoms with E-state index in [1.54, 1.807) is 7.11 Å². The van der Waals surface area contributed by atoms with Crippen LogP contribution in [0.5, 0.6) is 0 Å². The van der Waals surface area contributed by atoms with E-state index < -0.39 is 0 Å². The van der Waals surface area contributed by atoms with Crippen LogP contribution in [0.1, 0.15) is 32.6 Å². The largest absolute Gasteiger partial charge is 0.466 e. The highest BCUT2D eigenvalue weighted by Gasteiger charge is 2.26. The average Bonchev–Trinajstić information content (AvgIpc) is 2.20. The third kappa shape index (κ3) is 3.29. The van der Waals surface area contributed by atoms with Gasteiger partial charge in [0.1, 0.15) is 0 Å². The second-order valence-corrected chi connectivity index (χ2v) is 3.93. The molecule has 1 saturated carbocycles. The quantitative estimate of drug-likeness (QED) is 0.651. The third-order valence-corrected chi connectivity index (χ3v) is 2.87. The number of carbonyl (C=O) groups excluding carboxylic acids is 1. The molecule has 0 saturated heterocycles. The van der Waals surface area contributed by atoms with Crippen molar-refractivity contribution in [2.45, 2.75) is 32.6 Å². The Bertz CT molecular complexity index is 171. The Morgan fingerprint density at radius 2 is 1.93 bits per heavy atom. The smallest absolute Gasteiger partial charge is 0.308 e. The van der Waals surface area contributed by atoms with Crippen LogP contribution in [0.15, 0.2) is 0 Å². The fourth-order valence-corrected chi connectivity index (χ4v) is 2.06. The molecule has 82 valence electrons. The minimum atomic E-state index is -0.0108. The topological polar surface area (TPSA) is 35.5 Å². The molecule has 0 atom stereocenters. The minimum absolute atomic E-state index is 0.0108. The third-order valence-electron chi connectivity index (χ3n) is 2.87.